The first-order chi connectivity index (χ1) is 7.75. The SMILES string of the molecule is Br.O=C(Cc1ccccn1)c1ccc(Br)cc1. The average molecular weight is 357 g/mol. The minimum absolute atomic E-state index is 0. The van der Waals surface area contributed by atoms with Crippen LogP contribution in [-0.4, -0.2) is 10.8 Å². The topological polar surface area (TPSA) is 30.0 Å². The van der Waals surface area contributed by atoms with Crippen LogP contribution in [0.25, 0.3) is 0 Å². The van der Waals surface area contributed by atoms with Crippen LogP contribution in [0.15, 0.2) is 53.1 Å². The lowest BCUT2D eigenvalue weighted by atomic mass is 10.1. The fourth-order valence-corrected chi connectivity index (χ4v) is 1.67. The van der Waals surface area contributed by atoms with E-state index in [-0.39, 0.29) is 22.8 Å². The number of halogens is 2. The zero-order valence-corrected chi connectivity index (χ0v) is 12.3. The molecule has 0 spiro atoms. The van der Waals surface area contributed by atoms with Gasteiger partial charge >= 0.3 is 0 Å². The second kappa shape index (κ2) is 6.67. The normalized spacial score (nSPS) is 9.47. The molecule has 1 aromatic carbocycles. The fourth-order valence-electron chi connectivity index (χ4n) is 1.41. The van der Waals surface area contributed by atoms with Crippen molar-refractivity contribution in [1.29, 1.82) is 0 Å². The van der Waals surface area contributed by atoms with Gasteiger partial charge < -0.3 is 0 Å². The first-order valence-corrected chi connectivity index (χ1v) is 5.74. The lowest BCUT2D eigenvalue weighted by Gasteiger charge is -2.00. The van der Waals surface area contributed by atoms with E-state index in [0.29, 0.717) is 12.0 Å². The van der Waals surface area contributed by atoms with Gasteiger partial charge in [0.2, 0.25) is 0 Å². The summed E-state index contributed by atoms with van der Waals surface area (Å²) < 4.78 is 0.974. The predicted molar refractivity (Wildman–Crippen MR) is 76.7 cm³/mol. The van der Waals surface area contributed by atoms with Gasteiger partial charge in [0, 0.05) is 21.9 Å². The number of ketones is 1. The second-order valence-electron chi connectivity index (χ2n) is 3.43. The number of nitrogens with zero attached hydrogens (tertiary/aromatic N) is 1. The Balaban J connectivity index is 0.00000144. The maximum absolute atomic E-state index is 11.9. The molecule has 0 atom stereocenters. The van der Waals surface area contributed by atoms with Gasteiger partial charge in [-0.3, -0.25) is 9.78 Å². The molecule has 0 fully saturated rings. The Morgan fingerprint density at radius 2 is 1.82 bits per heavy atom. The summed E-state index contributed by atoms with van der Waals surface area (Å²) in [4.78, 5) is 16.0. The number of pyridine rings is 1. The Kier molecular flexibility index (Phi) is 5.51. The predicted octanol–water partition coefficient (Wildman–Crippen LogP) is 3.85. The van der Waals surface area contributed by atoms with Crippen LogP contribution < -0.4 is 0 Å². The molecule has 0 aliphatic heterocycles. The van der Waals surface area contributed by atoms with Crippen molar-refractivity contribution in [2.45, 2.75) is 6.42 Å². The highest BCUT2D eigenvalue weighted by Gasteiger charge is 2.06. The Labute approximate surface area is 119 Å². The van der Waals surface area contributed by atoms with Gasteiger partial charge in [0.25, 0.3) is 0 Å². The zero-order chi connectivity index (χ0) is 11.4. The number of aromatic nitrogens is 1. The van der Waals surface area contributed by atoms with Gasteiger partial charge in [-0.05, 0) is 24.3 Å². The summed E-state index contributed by atoms with van der Waals surface area (Å²) in [5.41, 5.74) is 1.52. The molecule has 4 heteroatoms. The monoisotopic (exact) mass is 355 g/mol. The largest absolute Gasteiger partial charge is 0.294 e. The standard InChI is InChI=1S/C13H10BrNO.BrH/c14-11-6-4-10(5-7-11)13(16)9-12-3-1-2-8-15-12;/h1-8H,9H2;1H. The van der Waals surface area contributed by atoms with Crippen LogP contribution in [0.5, 0.6) is 0 Å². The van der Waals surface area contributed by atoms with Crippen LogP contribution in [0.3, 0.4) is 0 Å². The highest BCUT2D eigenvalue weighted by Crippen LogP contribution is 2.12. The van der Waals surface area contributed by atoms with Gasteiger partial charge in [-0.25, -0.2) is 0 Å². The molecule has 17 heavy (non-hydrogen) atoms. The van der Waals surface area contributed by atoms with Crippen molar-refractivity contribution in [1.82, 2.24) is 4.98 Å². The van der Waals surface area contributed by atoms with E-state index in [4.69, 9.17) is 0 Å². The van der Waals surface area contributed by atoms with Crippen LogP contribution in [0.1, 0.15) is 16.1 Å². The molecule has 88 valence electrons. The lowest BCUT2D eigenvalue weighted by molar-refractivity contribution is 0.0992. The molecule has 1 heterocycles. The van der Waals surface area contributed by atoms with Gasteiger partial charge in [0.1, 0.15) is 0 Å². The molecular formula is C13H11Br2NO. The van der Waals surface area contributed by atoms with Crippen molar-refractivity contribution in [2.75, 3.05) is 0 Å². The van der Waals surface area contributed by atoms with Gasteiger partial charge in [-0.2, -0.15) is 0 Å². The molecule has 0 aliphatic rings. The van der Waals surface area contributed by atoms with Crippen molar-refractivity contribution >= 4 is 38.7 Å². The van der Waals surface area contributed by atoms with Crippen molar-refractivity contribution in [3.8, 4) is 0 Å². The summed E-state index contributed by atoms with van der Waals surface area (Å²) >= 11 is 3.34. The smallest absolute Gasteiger partial charge is 0.168 e. The van der Waals surface area contributed by atoms with Gasteiger partial charge in [0.05, 0.1) is 6.42 Å². The fraction of sp³-hybridized carbons (Fsp3) is 0.0769. The van der Waals surface area contributed by atoms with Crippen molar-refractivity contribution in [2.24, 2.45) is 0 Å². The number of hydrogen-bond acceptors (Lipinski definition) is 2. The van der Waals surface area contributed by atoms with E-state index in [9.17, 15) is 4.79 Å². The highest BCUT2D eigenvalue weighted by molar-refractivity contribution is 9.10. The third kappa shape index (κ3) is 4.06. The minimum atomic E-state index is 0. The molecule has 0 unspecified atom stereocenters. The van der Waals surface area contributed by atoms with Gasteiger partial charge in [-0.15, -0.1) is 17.0 Å². The molecule has 0 amide bonds. The Morgan fingerprint density at radius 3 is 2.41 bits per heavy atom. The molecule has 0 aliphatic carbocycles. The number of hydrogen-bond donors (Lipinski definition) is 0. The average Bonchev–Trinajstić information content (AvgIpc) is 2.31. The molecule has 2 rings (SSSR count). The van der Waals surface area contributed by atoms with Crippen molar-refractivity contribution < 1.29 is 4.79 Å². The van der Waals surface area contributed by atoms with Crippen LogP contribution in [0, 0.1) is 0 Å². The Bertz CT molecular complexity index is 483. The van der Waals surface area contributed by atoms with Crippen LogP contribution >= 0.6 is 32.9 Å². The molecular weight excluding hydrogens is 346 g/mol. The van der Waals surface area contributed by atoms with Gasteiger partial charge in [-0.1, -0.05) is 34.1 Å². The van der Waals surface area contributed by atoms with Crippen molar-refractivity contribution in [3.63, 3.8) is 0 Å². The molecule has 0 N–H and O–H groups in total. The van der Waals surface area contributed by atoms with E-state index < -0.39 is 0 Å². The molecule has 0 saturated heterocycles. The van der Waals surface area contributed by atoms with E-state index in [2.05, 4.69) is 20.9 Å². The number of carbonyl (C=O) groups excluding carboxylic acids is 1. The minimum Gasteiger partial charge on any atom is -0.294 e. The summed E-state index contributed by atoms with van der Waals surface area (Å²) in [6.07, 6.45) is 2.05. The summed E-state index contributed by atoms with van der Waals surface area (Å²) in [7, 11) is 0. The number of carbonyl (C=O) groups is 1. The number of rotatable bonds is 3. The lowest BCUT2D eigenvalue weighted by Crippen LogP contribution is -2.04. The number of Topliss-reactive ketones (excluding diaryl/α,β-unsaturated/α-hetero) is 1. The summed E-state index contributed by atoms with van der Waals surface area (Å²) in [5, 5.41) is 0. The van der Waals surface area contributed by atoms with Crippen molar-refractivity contribution in [3.05, 3.63) is 64.4 Å². The van der Waals surface area contributed by atoms with E-state index in [1.54, 1.807) is 6.20 Å². The molecule has 0 saturated carbocycles. The Hall–Kier alpha value is -1.000. The van der Waals surface area contributed by atoms with E-state index in [1.807, 2.05) is 42.5 Å². The quantitative estimate of drug-likeness (QED) is 0.782. The number of benzene rings is 1. The molecule has 2 nitrogen and oxygen atoms in total. The summed E-state index contributed by atoms with van der Waals surface area (Å²) in [6, 6.07) is 12.9. The molecule has 0 radical (unpaired) electrons. The third-order valence-electron chi connectivity index (χ3n) is 2.23. The van der Waals surface area contributed by atoms with Gasteiger partial charge in [0.15, 0.2) is 5.78 Å². The van der Waals surface area contributed by atoms with Crippen LogP contribution in [0.2, 0.25) is 0 Å². The molecule has 2 aromatic rings. The molecule has 0 bridgehead atoms. The van der Waals surface area contributed by atoms with E-state index in [0.717, 1.165) is 10.2 Å². The third-order valence-corrected chi connectivity index (χ3v) is 2.76. The van der Waals surface area contributed by atoms with E-state index in [1.165, 1.54) is 0 Å². The first-order valence-electron chi connectivity index (χ1n) is 4.94. The summed E-state index contributed by atoms with van der Waals surface area (Å²) in [5.74, 6) is 0.0891. The Morgan fingerprint density at radius 1 is 1.12 bits per heavy atom. The zero-order valence-electron chi connectivity index (χ0n) is 8.97. The van der Waals surface area contributed by atoms with E-state index >= 15 is 0 Å². The summed E-state index contributed by atoms with van der Waals surface area (Å²) in [6.45, 7) is 0. The maximum Gasteiger partial charge on any atom is 0.168 e. The maximum atomic E-state index is 11.9. The second-order valence-corrected chi connectivity index (χ2v) is 4.34. The molecule has 1 aromatic heterocycles. The van der Waals surface area contributed by atoms with Crippen LogP contribution in [0.4, 0.5) is 0 Å². The van der Waals surface area contributed by atoms with Crippen LogP contribution in [-0.2, 0) is 6.42 Å². The highest BCUT2D eigenvalue weighted by atomic mass is 79.9. The first kappa shape index (κ1) is 14.1.